The number of hydrogen-bond acceptors (Lipinski definition) is 5. The number of allylic oxidation sites excluding steroid dienone is 2. The van der Waals surface area contributed by atoms with Crippen LogP contribution in [0.1, 0.15) is 82.2 Å². The van der Waals surface area contributed by atoms with Crippen LogP contribution in [0.2, 0.25) is 0 Å². The molecule has 2 aliphatic rings. The summed E-state index contributed by atoms with van der Waals surface area (Å²) in [4.78, 5) is 15.7. The Kier molecular flexibility index (Phi) is 6.85. The number of hydrogen-bond donors (Lipinski definition) is 1. The molecule has 0 aromatic heterocycles. The lowest BCUT2D eigenvalue weighted by molar-refractivity contribution is -0.293. The van der Waals surface area contributed by atoms with E-state index in [1.165, 1.54) is 5.56 Å². The smallest absolute Gasteiger partial charge is 0.307 e. The highest BCUT2D eigenvalue weighted by Crippen LogP contribution is 2.53. The lowest BCUT2D eigenvalue weighted by atomic mass is 9.81. The summed E-state index contributed by atoms with van der Waals surface area (Å²) in [6.45, 7) is 14.1. The van der Waals surface area contributed by atoms with Gasteiger partial charge in [0, 0.05) is 24.2 Å². The molecule has 5 rings (SSSR count). The molecule has 6 heteroatoms. The highest BCUT2D eigenvalue weighted by atomic mass is 16.4. The van der Waals surface area contributed by atoms with Gasteiger partial charge in [-0.05, 0) is 69.9 Å². The van der Waals surface area contributed by atoms with Crippen LogP contribution in [0.4, 0.5) is 11.4 Å². The van der Waals surface area contributed by atoms with Crippen molar-refractivity contribution in [2.45, 2.75) is 71.6 Å². The van der Waals surface area contributed by atoms with Gasteiger partial charge in [0.25, 0.3) is 0 Å². The molecule has 208 valence electrons. The van der Waals surface area contributed by atoms with Crippen molar-refractivity contribution in [3.8, 4) is 11.5 Å². The van der Waals surface area contributed by atoms with Crippen LogP contribution in [-0.2, 0) is 22.0 Å². The molecule has 40 heavy (non-hydrogen) atoms. The molecule has 2 aliphatic heterocycles. The predicted molar refractivity (Wildman–Crippen MR) is 158 cm³/mol. The molecule has 0 aliphatic carbocycles. The Morgan fingerprint density at radius 3 is 2.30 bits per heavy atom. The van der Waals surface area contributed by atoms with Crippen molar-refractivity contribution < 1.29 is 20.1 Å². The third kappa shape index (κ3) is 4.21. The molecule has 6 nitrogen and oxygen atoms in total. The summed E-state index contributed by atoms with van der Waals surface area (Å²) in [6, 6.07) is 14.0. The molecular formula is C34H38N2O4. The summed E-state index contributed by atoms with van der Waals surface area (Å²) >= 11 is 0. The monoisotopic (exact) mass is 538 g/mol. The second-order valence-electron chi connectivity index (χ2n) is 12.0. The van der Waals surface area contributed by atoms with E-state index >= 15 is 0 Å². The normalized spacial score (nSPS) is 19.1. The first-order valence-corrected chi connectivity index (χ1v) is 14.2. The second kappa shape index (κ2) is 9.92. The van der Waals surface area contributed by atoms with Crippen LogP contribution in [0.25, 0.3) is 12.2 Å². The molecule has 0 fully saturated rings. The molecule has 0 atom stereocenters. The van der Waals surface area contributed by atoms with Gasteiger partial charge in [0.05, 0.1) is 40.8 Å². The molecule has 0 bridgehead atoms. The van der Waals surface area contributed by atoms with Crippen LogP contribution < -0.4 is 20.0 Å². The fourth-order valence-electron chi connectivity index (χ4n) is 6.44. The summed E-state index contributed by atoms with van der Waals surface area (Å²) in [5, 5.41) is 36.4. The van der Waals surface area contributed by atoms with Gasteiger partial charge in [0.15, 0.2) is 5.56 Å². The van der Waals surface area contributed by atoms with E-state index in [4.69, 9.17) is 0 Å². The van der Waals surface area contributed by atoms with Crippen LogP contribution in [0, 0.1) is 0 Å². The van der Waals surface area contributed by atoms with Gasteiger partial charge in [-0.3, -0.25) is 9.69 Å². The summed E-state index contributed by atoms with van der Waals surface area (Å²) < 4.78 is 0. The Hall–Kier alpha value is -3.93. The number of anilines is 2. The number of nitrogens with zero attached hydrogens (tertiary/aromatic N) is 2. The topological polar surface area (TPSA) is 89.9 Å². The third-order valence-electron chi connectivity index (χ3n) is 8.70. The van der Waals surface area contributed by atoms with E-state index in [0.29, 0.717) is 0 Å². The SMILES string of the molecule is CCCCN1C(=C[c+]2c([O-])c(C=C3N(CC)c4ccccc4C3(C)C)[c+]2[O-])C(C)(C)c2cc(CC(=O)O)ccc21. The Morgan fingerprint density at radius 2 is 1.65 bits per heavy atom. The summed E-state index contributed by atoms with van der Waals surface area (Å²) in [5.74, 6) is -1.31. The van der Waals surface area contributed by atoms with Gasteiger partial charge in [-0.25, -0.2) is 0 Å². The molecule has 3 aromatic rings. The van der Waals surface area contributed by atoms with Gasteiger partial charge in [0.1, 0.15) is 17.3 Å². The first-order chi connectivity index (χ1) is 18.9. The maximum Gasteiger partial charge on any atom is 0.307 e. The summed E-state index contributed by atoms with van der Waals surface area (Å²) in [5.41, 5.74) is 6.56. The third-order valence-corrected chi connectivity index (χ3v) is 8.70. The Balaban J connectivity index is 1.56. The number of benzene rings is 2. The van der Waals surface area contributed by atoms with Crippen molar-refractivity contribution in [3.05, 3.63) is 81.7 Å². The van der Waals surface area contributed by atoms with Crippen molar-refractivity contribution in [1.29, 1.82) is 0 Å². The number of para-hydroxylation sites is 1. The first kappa shape index (κ1) is 27.6. The predicted octanol–water partition coefficient (Wildman–Crippen LogP) is 6.00. The van der Waals surface area contributed by atoms with Crippen LogP contribution in [-0.4, -0.2) is 24.2 Å². The van der Waals surface area contributed by atoms with Gasteiger partial charge < -0.3 is 20.2 Å². The number of rotatable bonds is 8. The molecule has 3 aromatic carbocycles. The minimum atomic E-state index is -0.872. The van der Waals surface area contributed by atoms with Crippen LogP contribution >= 0.6 is 0 Å². The van der Waals surface area contributed by atoms with E-state index in [-0.39, 0.29) is 34.5 Å². The van der Waals surface area contributed by atoms with E-state index in [2.05, 4.69) is 63.5 Å². The lowest BCUT2D eigenvalue weighted by Crippen LogP contribution is -2.27. The second-order valence-corrected chi connectivity index (χ2v) is 12.0. The fraction of sp³-hybridized carbons (Fsp3) is 0.382. The number of carboxylic acid groups (broad SMARTS) is 1. The molecule has 0 saturated heterocycles. The van der Waals surface area contributed by atoms with Crippen LogP contribution in [0.15, 0.2) is 53.9 Å². The van der Waals surface area contributed by atoms with Crippen molar-refractivity contribution >= 4 is 29.5 Å². The van der Waals surface area contributed by atoms with Gasteiger partial charge in [0.2, 0.25) is 0 Å². The van der Waals surface area contributed by atoms with E-state index < -0.39 is 11.4 Å². The highest BCUT2D eigenvalue weighted by Gasteiger charge is 2.46. The zero-order valence-electron chi connectivity index (χ0n) is 24.3. The van der Waals surface area contributed by atoms with Gasteiger partial charge in [-0.15, -0.1) is 0 Å². The quantitative estimate of drug-likeness (QED) is 0.354. The average molecular weight is 539 g/mol. The Labute approximate surface area is 237 Å². The standard InChI is InChI=1S/C34H38N2O4/c1-7-9-16-36-27-15-14-21(18-30(37)38)17-25(27)34(5,6)29(36)20-23-31(39)22(32(23)40)19-28-33(3,4)24-12-10-11-13-26(24)35(28)8-2/h10-15,17,19-20H,7-9,16,18H2,1-6H3,(H-,37,38,39). The van der Waals surface area contributed by atoms with Crippen molar-refractivity contribution in [2.75, 3.05) is 22.9 Å². The van der Waals surface area contributed by atoms with Crippen molar-refractivity contribution in [3.63, 3.8) is 0 Å². The molecule has 0 saturated carbocycles. The van der Waals surface area contributed by atoms with Gasteiger partial charge >= 0.3 is 5.97 Å². The molecule has 0 radical (unpaired) electrons. The van der Waals surface area contributed by atoms with E-state index in [9.17, 15) is 20.1 Å². The highest BCUT2D eigenvalue weighted by molar-refractivity contribution is 5.88. The number of carbonyl (C=O) groups is 1. The number of unbranched alkanes of at least 4 members (excludes halogenated alkanes) is 1. The largest absolute Gasteiger partial charge is 0.820 e. The van der Waals surface area contributed by atoms with Crippen molar-refractivity contribution in [2.24, 2.45) is 0 Å². The fourth-order valence-corrected chi connectivity index (χ4v) is 6.44. The average Bonchev–Trinajstić information content (AvgIpc) is 3.26. The van der Waals surface area contributed by atoms with Gasteiger partial charge in [-0.2, -0.15) is 0 Å². The van der Waals surface area contributed by atoms with E-state index in [1.807, 2.05) is 30.3 Å². The Bertz CT molecular complexity index is 1500. The zero-order chi connectivity index (χ0) is 29.0. The van der Waals surface area contributed by atoms with Crippen LogP contribution in [0.3, 0.4) is 0 Å². The Morgan fingerprint density at radius 1 is 0.975 bits per heavy atom. The number of likely N-dealkylation sites (N-methyl/N-ethyl adjacent to an activating group) is 1. The van der Waals surface area contributed by atoms with E-state index in [0.717, 1.165) is 59.8 Å². The molecular weight excluding hydrogens is 500 g/mol. The minimum absolute atomic E-state index is 0.0479. The number of fused-ring (bicyclic) bond motifs is 2. The molecule has 0 unspecified atom stereocenters. The maximum atomic E-state index is 13.5. The first-order valence-electron chi connectivity index (χ1n) is 14.2. The van der Waals surface area contributed by atoms with Crippen LogP contribution in [0.5, 0.6) is 11.5 Å². The van der Waals surface area contributed by atoms with E-state index in [1.54, 1.807) is 12.2 Å². The zero-order valence-corrected chi connectivity index (χ0v) is 24.3. The molecule has 2 heterocycles. The number of carboxylic acids is 1. The summed E-state index contributed by atoms with van der Waals surface area (Å²) in [7, 11) is 0. The summed E-state index contributed by atoms with van der Waals surface area (Å²) in [6.07, 6.45) is 5.49. The molecule has 1 N–H and O–H groups in total. The molecule has 0 amide bonds. The lowest BCUT2D eigenvalue weighted by Gasteiger charge is -2.27. The number of aliphatic carboxylic acids is 1. The minimum Gasteiger partial charge on any atom is -0.820 e. The maximum absolute atomic E-state index is 13.5. The van der Waals surface area contributed by atoms with Gasteiger partial charge in [-0.1, -0.05) is 43.7 Å². The van der Waals surface area contributed by atoms with Crippen molar-refractivity contribution in [1.82, 2.24) is 0 Å². The molecule has 0 spiro atoms.